The zero-order chi connectivity index (χ0) is 14.3. The number of carbonyl (C=O) groups excluding carboxylic acids is 1. The number of carboxylic acids is 1. The second kappa shape index (κ2) is 7.99. The van der Waals surface area contributed by atoms with Gasteiger partial charge in [0.05, 0.1) is 12.5 Å². The SMILES string of the molecule is CCN(C(=O)NCC(CC(=O)O)OC)C1CCCC1. The smallest absolute Gasteiger partial charge is 0.317 e. The molecule has 0 radical (unpaired) electrons. The van der Waals surface area contributed by atoms with Gasteiger partial charge in [0.25, 0.3) is 0 Å². The van der Waals surface area contributed by atoms with E-state index in [-0.39, 0.29) is 19.0 Å². The van der Waals surface area contributed by atoms with Gasteiger partial charge in [-0.2, -0.15) is 0 Å². The molecular formula is C13H24N2O4. The third-order valence-electron chi connectivity index (χ3n) is 3.58. The zero-order valence-electron chi connectivity index (χ0n) is 11.7. The van der Waals surface area contributed by atoms with Gasteiger partial charge >= 0.3 is 12.0 Å². The molecule has 19 heavy (non-hydrogen) atoms. The molecule has 2 N–H and O–H groups in total. The van der Waals surface area contributed by atoms with Crippen molar-refractivity contribution in [3.63, 3.8) is 0 Å². The minimum absolute atomic E-state index is 0.105. The molecule has 1 saturated carbocycles. The Labute approximate surface area is 114 Å². The number of urea groups is 1. The van der Waals surface area contributed by atoms with Crippen LogP contribution in [0.1, 0.15) is 39.0 Å². The van der Waals surface area contributed by atoms with E-state index >= 15 is 0 Å². The summed E-state index contributed by atoms with van der Waals surface area (Å²) in [6.07, 6.45) is 3.88. The third-order valence-corrected chi connectivity index (χ3v) is 3.58. The van der Waals surface area contributed by atoms with E-state index < -0.39 is 12.1 Å². The molecule has 2 amide bonds. The number of nitrogens with zero attached hydrogens (tertiary/aromatic N) is 1. The second-order valence-corrected chi connectivity index (χ2v) is 4.87. The Morgan fingerprint density at radius 1 is 1.42 bits per heavy atom. The Morgan fingerprint density at radius 2 is 2.05 bits per heavy atom. The number of hydrogen-bond donors (Lipinski definition) is 2. The van der Waals surface area contributed by atoms with Crippen molar-refractivity contribution in [1.82, 2.24) is 10.2 Å². The lowest BCUT2D eigenvalue weighted by molar-refractivity contribution is -0.139. The summed E-state index contributed by atoms with van der Waals surface area (Å²) in [4.78, 5) is 24.5. The molecule has 0 aromatic rings. The van der Waals surface area contributed by atoms with Crippen LogP contribution in [0.4, 0.5) is 4.79 Å². The number of carboxylic acid groups (broad SMARTS) is 1. The minimum atomic E-state index is -0.927. The Bertz CT molecular complexity index is 303. The largest absolute Gasteiger partial charge is 0.481 e. The summed E-state index contributed by atoms with van der Waals surface area (Å²) in [5.41, 5.74) is 0. The molecular weight excluding hydrogens is 248 g/mol. The molecule has 1 aliphatic carbocycles. The molecule has 1 atom stereocenters. The van der Waals surface area contributed by atoms with Gasteiger partial charge in [-0.05, 0) is 19.8 Å². The predicted octanol–water partition coefficient (Wildman–Crippen LogP) is 1.45. The van der Waals surface area contributed by atoms with Crippen LogP contribution in [0.15, 0.2) is 0 Å². The number of rotatable bonds is 7. The van der Waals surface area contributed by atoms with Gasteiger partial charge in [-0.1, -0.05) is 12.8 Å². The quantitative estimate of drug-likeness (QED) is 0.735. The summed E-state index contributed by atoms with van der Waals surface area (Å²) >= 11 is 0. The normalized spacial score (nSPS) is 17.2. The van der Waals surface area contributed by atoms with Gasteiger partial charge in [0.1, 0.15) is 0 Å². The molecule has 0 aromatic heterocycles. The molecule has 0 aromatic carbocycles. The number of aliphatic carboxylic acids is 1. The van der Waals surface area contributed by atoms with E-state index in [1.54, 1.807) is 0 Å². The van der Waals surface area contributed by atoms with Gasteiger partial charge in [-0.15, -0.1) is 0 Å². The lowest BCUT2D eigenvalue weighted by Gasteiger charge is -2.28. The Hall–Kier alpha value is -1.30. The van der Waals surface area contributed by atoms with Crippen molar-refractivity contribution in [3.05, 3.63) is 0 Å². The first-order valence-electron chi connectivity index (χ1n) is 6.87. The summed E-state index contributed by atoms with van der Waals surface area (Å²) in [5, 5.41) is 11.5. The highest BCUT2D eigenvalue weighted by atomic mass is 16.5. The van der Waals surface area contributed by atoms with Gasteiger partial charge in [0.15, 0.2) is 0 Å². The number of carbonyl (C=O) groups is 2. The molecule has 0 spiro atoms. The first-order valence-corrected chi connectivity index (χ1v) is 6.87. The number of hydrogen-bond acceptors (Lipinski definition) is 3. The zero-order valence-corrected chi connectivity index (χ0v) is 11.7. The van der Waals surface area contributed by atoms with Crippen molar-refractivity contribution in [2.24, 2.45) is 0 Å². The molecule has 110 valence electrons. The number of methoxy groups -OCH3 is 1. The first-order chi connectivity index (χ1) is 9.08. The van der Waals surface area contributed by atoms with Crippen molar-refractivity contribution in [2.75, 3.05) is 20.2 Å². The van der Waals surface area contributed by atoms with Gasteiger partial charge < -0.3 is 20.1 Å². The van der Waals surface area contributed by atoms with Crippen LogP contribution >= 0.6 is 0 Å². The Kier molecular flexibility index (Phi) is 6.62. The molecule has 1 fully saturated rings. The van der Waals surface area contributed by atoms with Gasteiger partial charge in [-0.3, -0.25) is 4.79 Å². The van der Waals surface area contributed by atoms with E-state index in [4.69, 9.17) is 9.84 Å². The topological polar surface area (TPSA) is 78.9 Å². The van der Waals surface area contributed by atoms with E-state index in [0.29, 0.717) is 12.6 Å². The molecule has 1 aliphatic rings. The van der Waals surface area contributed by atoms with Gasteiger partial charge in [0, 0.05) is 26.2 Å². The van der Waals surface area contributed by atoms with Crippen LogP contribution in [-0.2, 0) is 9.53 Å². The van der Waals surface area contributed by atoms with E-state index in [9.17, 15) is 9.59 Å². The third kappa shape index (κ3) is 5.06. The summed E-state index contributed by atoms with van der Waals surface area (Å²) in [6, 6.07) is 0.201. The average molecular weight is 272 g/mol. The molecule has 0 bridgehead atoms. The molecule has 6 nitrogen and oxygen atoms in total. The van der Waals surface area contributed by atoms with E-state index in [0.717, 1.165) is 12.8 Å². The lowest BCUT2D eigenvalue weighted by atomic mass is 10.2. The van der Waals surface area contributed by atoms with Crippen molar-refractivity contribution in [3.8, 4) is 0 Å². The van der Waals surface area contributed by atoms with Crippen molar-refractivity contribution >= 4 is 12.0 Å². The van der Waals surface area contributed by atoms with E-state index in [1.165, 1.54) is 20.0 Å². The Balaban J connectivity index is 2.41. The summed E-state index contributed by atoms with van der Waals surface area (Å²) in [7, 11) is 1.45. The highest BCUT2D eigenvalue weighted by molar-refractivity contribution is 5.74. The Morgan fingerprint density at radius 3 is 2.53 bits per heavy atom. The number of ether oxygens (including phenoxy) is 1. The van der Waals surface area contributed by atoms with Crippen LogP contribution in [0.3, 0.4) is 0 Å². The molecule has 1 rings (SSSR count). The van der Waals surface area contributed by atoms with Gasteiger partial charge in [0.2, 0.25) is 0 Å². The van der Waals surface area contributed by atoms with Crippen LogP contribution < -0.4 is 5.32 Å². The summed E-state index contributed by atoms with van der Waals surface area (Å²) in [5.74, 6) is -0.927. The van der Waals surface area contributed by atoms with Gasteiger partial charge in [-0.25, -0.2) is 4.79 Å². The highest BCUT2D eigenvalue weighted by Gasteiger charge is 2.25. The number of amides is 2. The van der Waals surface area contributed by atoms with Crippen molar-refractivity contribution in [2.45, 2.75) is 51.2 Å². The summed E-state index contributed by atoms with van der Waals surface area (Å²) < 4.78 is 5.04. The first kappa shape index (κ1) is 15.8. The monoisotopic (exact) mass is 272 g/mol. The average Bonchev–Trinajstić information content (AvgIpc) is 2.88. The fourth-order valence-corrected chi connectivity index (χ4v) is 2.52. The molecule has 1 unspecified atom stereocenters. The summed E-state index contributed by atoms with van der Waals surface area (Å²) in [6.45, 7) is 2.86. The second-order valence-electron chi connectivity index (χ2n) is 4.87. The maximum absolute atomic E-state index is 12.1. The molecule has 6 heteroatoms. The minimum Gasteiger partial charge on any atom is -0.481 e. The van der Waals surface area contributed by atoms with Crippen molar-refractivity contribution < 1.29 is 19.4 Å². The maximum Gasteiger partial charge on any atom is 0.317 e. The van der Waals surface area contributed by atoms with E-state index in [2.05, 4.69) is 5.32 Å². The van der Waals surface area contributed by atoms with Crippen LogP contribution in [0.2, 0.25) is 0 Å². The van der Waals surface area contributed by atoms with Crippen molar-refractivity contribution in [1.29, 1.82) is 0 Å². The molecule has 0 saturated heterocycles. The molecule has 0 aliphatic heterocycles. The van der Waals surface area contributed by atoms with E-state index in [1.807, 2.05) is 11.8 Å². The predicted molar refractivity (Wildman–Crippen MR) is 71.1 cm³/mol. The standard InChI is InChI=1S/C13H24N2O4/c1-3-15(10-6-4-5-7-10)13(18)14-9-11(19-2)8-12(16)17/h10-11H,3-9H2,1-2H3,(H,14,18)(H,16,17). The van der Waals surface area contributed by atoms with Crippen LogP contribution in [0.25, 0.3) is 0 Å². The van der Waals surface area contributed by atoms with Crippen LogP contribution in [-0.4, -0.2) is 54.4 Å². The lowest BCUT2D eigenvalue weighted by Crippen LogP contribution is -2.47. The highest BCUT2D eigenvalue weighted by Crippen LogP contribution is 2.23. The van der Waals surface area contributed by atoms with Crippen LogP contribution in [0.5, 0.6) is 0 Å². The fourth-order valence-electron chi connectivity index (χ4n) is 2.52. The van der Waals surface area contributed by atoms with Crippen LogP contribution in [0, 0.1) is 0 Å². The maximum atomic E-state index is 12.1. The fraction of sp³-hybridized carbons (Fsp3) is 0.846. The number of nitrogens with one attached hydrogen (secondary N) is 1. The molecule has 0 heterocycles.